The van der Waals surface area contributed by atoms with E-state index in [0.29, 0.717) is 13.2 Å². The van der Waals surface area contributed by atoms with Gasteiger partial charge in [-0.25, -0.2) is 0 Å². The summed E-state index contributed by atoms with van der Waals surface area (Å²) in [6.07, 6.45) is 5.42. The number of hydrogen-bond donors (Lipinski definition) is 2. The lowest BCUT2D eigenvalue weighted by molar-refractivity contribution is 0.294. The minimum absolute atomic E-state index is 0.0463. The van der Waals surface area contributed by atoms with E-state index in [2.05, 4.69) is 13.8 Å². The molecule has 0 aromatic rings. The van der Waals surface area contributed by atoms with Crippen LogP contribution in [0.5, 0.6) is 0 Å². The maximum atomic E-state index is 8.76. The van der Waals surface area contributed by atoms with Crippen molar-refractivity contribution in [1.82, 2.24) is 0 Å². The molecule has 1 unspecified atom stereocenters. The SMILES string of the molecule is CCC(C)P(CCCO)CCCO. The summed E-state index contributed by atoms with van der Waals surface area (Å²) in [5.41, 5.74) is 0.785. The van der Waals surface area contributed by atoms with E-state index in [4.69, 9.17) is 10.2 Å². The predicted octanol–water partition coefficient (Wildman–Crippen LogP) is 2.03. The Morgan fingerprint density at radius 3 is 1.85 bits per heavy atom. The topological polar surface area (TPSA) is 40.5 Å². The zero-order chi connectivity index (χ0) is 10.1. The van der Waals surface area contributed by atoms with Gasteiger partial charge in [0.1, 0.15) is 0 Å². The van der Waals surface area contributed by atoms with Crippen LogP contribution < -0.4 is 0 Å². The van der Waals surface area contributed by atoms with Crippen molar-refractivity contribution in [3.63, 3.8) is 0 Å². The molecule has 0 saturated carbocycles. The van der Waals surface area contributed by atoms with Crippen LogP contribution in [0.1, 0.15) is 33.1 Å². The van der Waals surface area contributed by atoms with Crippen LogP contribution in [-0.2, 0) is 0 Å². The lowest BCUT2D eigenvalue weighted by Crippen LogP contribution is -2.06. The largest absolute Gasteiger partial charge is 0.396 e. The molecule has 0 fully saturated rings. The molecule has 0 rings (SSSR count). The van der Waals surface area contributed by atoms with Crippen molar-refractivity contribution in [3.05, 3.63) is 0 Å². The molecule has 1 atom stereocenters. The van der Waals surface area contributed by atoms with E-state index in [1.165, 1.54) is 18.7 Å². The maximum absolute atomic E-state index is 8.76. The molecular weight excluding hydrogens is 183 g/mol. The Kier molecular flexibility index (Phi) is 9.17. The zero-order valence-electron chi connectivity index (χ0n) is 8.87. The normalized spacial score (nSPS) is 13.6. The fourth-order valence-electron chi connectivity index (χ4n) is 1.36. The van der Waals surface area contributed by atoms with E-state index in [0.717, 1.165) is 18.5 Å². The minimum Gasteiger partial charge on any atom is -0.396 e. The summed E-state index contributed by atoms with van der Waals surface area (Å²) in [6, 6.07) is 0. The summed E-state index contributed by atoms with van der Waals surface area (Å²) >= 11 is 0. The minimum atomic E-state index is 0.0463. The molecular formula is C10H23O2P. The average Bonchev–Trinajstić information content (AvgIpc) is 2.17. The van der Waals surface area contributed by atoms with Crippen molar-refractivity contribution < 1.29 is 10.2 Å². The Bertz CT molecular complexity index is 101. The Balaban J connectivity index is 3.72. The standard InChI is InChI=1S/C10H23O2P/c1-3-10(2)13(8-4-6-11)9-5-7-12/h10-12H,3-9H2,1-2H3. The van der Waals surface area contributed by atoms with Crippen LogP contribution in [0, 0.1) is 0 Å². The molecule has 0 aromatic heterocycles. The van der Waals surface area contributed by atoms with E-state index in [9.17, 15) is 0 Å². The summed E-state index contributed by atoms with van der Waals surface area (Å²) in [7, 11) is 0.0463. The van der Waals surface area contributed by atoms with Crippen LogP contribution in [0.15, 0.2) is 0 Å². The fourth-order valence-corrected chi connectivity index (χ4v) is 4.08. The Hall–Kier alpha value is 0.350. The second-order valence-corrected chi connectivity index (χ2v) is 6.40. The predicted molar refractivity (Wildman–Crippen MR) is 59.8 cm³/mol. The lowest BCUT2D eigenvalue weighted by Gasteiger charge is -2.23. The highest BCUT2D eigenvalue weighted by molar-refractivity contribution is 7.58. The first-order valence-electron chi connectivity index (χ1n) is 5.22. The number of rotatable bonds is 8. The second kappa shape index (κ2) is 8.93. The third-order valence-electron chi connectivity index (χ3n) is 2.42. The van der Waals surface area contributed by atoms with Gasteiger partial charge < -0.3 is 10.2 Å². The van der Waals surface area contributed by atoms with Gasteiger partial charge in [-0.05, 0) is 37.2 Å². The zero-order valence-corrected chi connectivity index (χ0v) is 9.76. The average molecular weight is 206 g/mol. The van der Waals surface area contributed by atoms with E-state index in [-0.39, 0.29) is 7.92 Å². The van der Waals surface area contributed by atoms with Gasteiger partial charge in [-0.3, -0.25) is 0 Å². The highest BCUT2D eigenvalue weighted by Crippen LogP contribution is 2.43. The molecule has 2 nitrogen and oxygen atoms in total. The van der Waals surface area contributed by atoms with Gasteiger partial charge in [0.2, 0.25) is 0 Å². The first-order valence-corrected chi connectivity index (χ1v) is 7.00. The molecule has 0 aliphatic heterocycles. The first-order chi connectivity index (χ1) is 6.26. The molecule has 0 aliphatic carbocycles. The van der Waals surface area contributed by atoms with Crippen molar-refractivity contribution in [2.75, 3.05) is 25.5 Å². The third kappa shape index (κ3) is 6.42. The summed E-state index contributed by atoms with van der Waals surface area (Å²) in [6.45, 7) is 5.14. The molecule has 0 amide bonds. The van der Waals surface area contributed by atoms with Crippen LogP contribution in [0.3, 0.4) is 0 Å². The monoisotopic (exact) mass is 206 g/mol. The highest BCUT2D eigenvalue weighted by Gasteiger charge is 2.13. The molecule has 0 heterocycles. The van der Waals surface area contributed by atoms with E-state index in [1.54, 1.807) is 0 Å². The van der Waals surface area contributed by atoms with Crippen LogP contribution >= 0.6 is 7.92 Å². The lowest BCUT2D eigenvalue weighted by atomic mass is 10.4. The van der Waals surface area contributed by atoms with Gasteiger partial charge in [0.15, 0.2) is 0 Å². The summed E-state index contributed by atoms with van der Waals surface area (Å²) < 4.78 is 0. The molecule has 13 heavy (non-hydrogen) atoms. The molecule has 0 radical (unpaired) electrons. The van der Waals surface area contributed by atoms with E-state index >= 15 is 0 Å². The van der Waals surface area contributed by atoms with Gasteiger partial charge in [-0.15, -0.1) is 7.92 Å². The summed E-state index contributed by atoms with van der Waals surface area (Å²) in [4.78, 5) is 0. The van der Waals surface area contributed by atoms with E-state index in [1.807, 2.05) is 0 Å². The first kappa shape index (κ1) is 13.4. The van der Waals surface area contributed by atoms with Gasteiger partial charge >= 0.3 is 0 Å². The van der Waals surface area contributed by atoms with Gasteiger partial charge in [0.25, 0.3) is 0 Å². The second-order valence-electron chi connectivity index (χ2n) is 3.45. The van der Waals surface area contributed by atoms with E-state index < -0.39 is 0 Å². The molecule has 2 N–H and O–H groups in total. The summed E-state index contributed by atoms with van der Waals surface area (Å²) in [5.74, 6) is 0. The Morgan fingerprint density at radius 1 is 1.08 bits per heavy atom. The van der Waals surface area contributed by atoms with Crippen molar-refractivity contribution in [3.8, 4) is 0 Å². The smallest absolute Gasteiger partial charge is 0.0434 e. The van der Waals surface area contributed by atoms with Crippen LogP contribution in [-0.4, -0.2) is 41.4 Å². The number of aliphatic hydroxyl groups is 2. The molecule has 80 valence electrons. The van der Waals surface area contributed by atoms with Crippen molar-refractivity contribution in [2.24, 2.45) is 0 Å². The van der Waals surface area contributed by atoms with Crippen molar-refractivity contribution in [1.29, 1.82) is 0 Å². The fraction of sp³-hybridized carbons (Fsp3) is 1.00. The van der Waals surface area contributed by atoms with Gasteiger partial charge in [0.05, 0.1) is 0 Å². The van der Waals surface area contributed by atoms with Crippen LogP contribution in [0.2, 0.25) is 0 Å². The van der Waals surface area contributed by atoms with Gasteiger partial charge in [-0.2, -0.15) is 0 Å². The quantitative estimate of drug-likeness (QED) is 0.596. The Morgan fingerprint density at radius 2 is 1.54 bits per heavy atom. The van der Waals surface area contributed by atoms with Crippen molar-refractivity contribution >= 4 is 7.92 Å². The van der Waals surface area contributed by atoms with Crippen LogP contribution in [0.25, 0.3) is 0 Å². The molecule has 0 spiro atoms. The molecule has 0 aromatic carbocycles. The van der Waals surface area contributed by atoms with Gasteiger partial charge in [0, 0.05) is 13.2 Å². The highest BCUT2D eigenvalue weighted by atomic mass is 31.1. The van der Waals surface area contributed by atoms with Crippen LogP contribution in [0.4, 0.5) is 0 Å². The molecule has 3 heteroatoms. The Labute approximate surface area is 83.1 Å². The number of aliphatic hydroxyl groups excluding tert-OH is 2. The number of hydrogen-bond acceptors (Lipinski definition) is 2. The molecule has 0 aliphatic rings. The maximum Gasteiger partial charge on any atom is 0.0434 e. The molecule has 0 saturated heterocycles. The third-order valence-corrected chi connectivity index (χ3v) is 5.81. The molecule has 0 bridgehead atoms. The van der Waals surface area contributed by atoms with Crippen molar-refractivity contribution in [2.45, 2.75) is 38.8 Å². The van der Waals surface area contributed by atoms with Gasteiger partial charge in [-0.1, -0.05) is 13.8 Å². The summed E-state index contributed by atoms with van der Waals surface area (Å²) in [5, 5.41) is 17.5.